The summed E-state index contributed by atoms with van der Waals surface area (Å²) in [7, 11) is 6.35. The van der Waals surface area contributed by atoms with Crippen LogP contribution >= 0.6 is 0 Å². The van der Waals surface area contributed by atoms with Crippen LogP contribution in [0.5, 0.6) is 0 Å². The normalized spacial score (nSPS) is 10.9. The Morgan fingerprint density at radius 1 is 1.00 bits per heavy atom. The molecule has 3 nitrogen and oxygen atoms in total. The molecule has 0 saturated heterocycles. The van der Waals surface area contributed by atoms with Crippen molar-refractivity contribution in [3.63, 3.8) is 0 Å². The number of likely N-dealkylation sites (N-methyl/N-ethyl adjacent to an activating group) is 2. The van der Waals surface area contributed by atoms with Gasteiger partial charge in [0.15, 0.2) is 0 Å². The van der Waals surface area contributed by atoms with Gasteiger partial charge < -0.3 is 15.1 Å². The Kier molecular flexibility index (Phi) is 6.01. The zero-order valence-electron chi connectivity index (χ0n) is 11.5. The van der Waals surface area contributed by atoms with Crippen LogP contribution in [0.1, 0.15) is 5.56 Å². The van der Waals surface area contributed by atoms with E-state index in [2.05, 4.69) is 67.4 Å². The maximum absolute atomic E-state index is 3.45. The second-order valence-electron chi connectivity index (χ2n) is 4.76. The van der Waals surface area contributed by atoms with Gasteiger partial charge in [0.1, 0.15) is 0 Å². The number of aryl methyl sites for hydroxylation is 1. The van der Waals surface area contributed by atoms with Gasteiger partial charge in [0.05, 0.1) is 0 Å². The van der Waals surface area contributed by atoms with Crippen LogP contribution in [0.3, 0.4) is 0 Å². The molecule has 0 saturated carbocycles. The van der Waals surface area contributed by atoms with Crippen LogP contribution in [0.2, 0.25) is 0 Å². The zero-order chi connectivity index (χ0) is 12.7. The average Bonchev–Trinajstić information content (AvgIpc) is 2.28. The summed E-state index contributed by atoms with van der Waals surface area (Å²) in [6, 6.07) is 8.51. The van der Waals surface area contributed by atoms with E-state index in [0.717, 1.165) is 26.2 Å². The lowest BCUT2D eigenvalue weighted by molar-refractivity contribution is 0.401. The van der Waals surface area contributed by atoms with Gasteiger partial charge in [-0.05, 0) is 32.6 Å². The van der Waals surface area contributed by atoms with Crippen molar-refractivity contribution in [1.29, 1.82) is 0 Å². The van der Waals surface area contributed by atoms with E-state index in [0.29, 0.717) is 0 Å². The molecule has 0 spiro atoms. The zero-order valence-corrected chi connectivity index (χ0v) is 11.5. The van der Waals surface area contributed by atoms with Gasteiger partial charge in [-0.1, -0.05) is 18.2 Å². The van der Waals surface area contributed by atoms with Crippen LogP contribution in [0.4, 0.5) is 5.69 Å². The number of hydrogen-bond acceptors (Lipinski definition) is 3. The molecule has 0 aliphatic heterocycles. The van der Waals surface area contributed by atoms with Crippen molar-refractivity contribution in [2.75, 3.05) is 52.2 Å². The smallest absolute Gasteiger partial charge is 0.0393 e. The molecule has 0 unspecified atom stereocenters. The molecule has 3 heteroatoms. The first-order valence-corrected chi connectivity index (χ1v) is 6.23. The number of rotatable bonds is 7. The van der Waals surface area contributed by atoms with E-state index < -0.39 is 0 Å². The minimum atomic E-state index is 1.03. The van der Waals surface area contributed by atoms with Gasteiger partial charge in [0.25, 0.3) is 0 Å². The Morgan fingerprint density at radius 3 is 2.29 bits per heavy atom. The molecular formula is C14H25N3. The molecule has 0 aromatic heterocycles. The standard InChI is InChI=1S/C14H25N3/c1-13-7-5-6-8-14(13)17(4)12-10-15-9-11-16(2)3/h5-8,15H,9-12H2,1-4H3. The van der Waals surface area contributed by atoms with Crippen molar-refractivity contribution in [2.45, 2.75) is 6.92 Å². The Bertz CT molecular complexity index is 323. The molecule has 0 fully saturated rings. The number of benzene rings is 1. The molecule has 0 aliphatic carbocycles. The summed E-state index contributed by atoms with van der Waals surface area (Å²) in [6.45, 7) is 6.37. The molecule has 17 heavy (non-hydrogen) atoms. The third kappa shape index (κ3) is 5.20. The van der Waals surface area contributed by atoms with Gasteiger partial charge in [-0.3, -0.25) is 0 Å². The van der Waals surface area contributed by atoms with Crippen molar-refractivity contribution in [3.05, 3.63) is 29.8 Å². The average molecular weight is 235 g/mol. The highest BCUT2D eigenvalue weighted by molar-refractivity contribution is 5.52. The summed E-state index contributed by atoms with van der Waals surface area (Å²) in [5, 5.41) is 3.45. The van der Waals surface area contributed by atoms with Crippen molar-refractivity contribution in [3.8, 4) is 0 Å². The van der Waals surface area contributed by atoms with E-state index >= 15 is 0 Å². The van der Waals surface area contributed by atoms with Crippen LogP contribution in [-0.4, -0.2) is 52.2 Å². The largest absolute Gasteiger partial charge is 0.373 e. The van der Waals surface area contributed by atoms with E-state index in [1.54, 1.807) is 0 Å². The molecule has 96 valence electrons. The van der Waals surface area contributed by atoms with E-state index in [1.807, 2.05) is 0 Å². The van der Waals surface area contributed by atoms with Gasteiger partial charge in [-0.15, -0.1) is 0 Å². The molecule has 1 N–H and O–H groups in total. The van der Waals surface area contributed by atoms with Crippen LogP contribution < -0.4 is 10.2 Å². The molecule has 0 radical (unpaired) electrons. The third-order valence-corrected chi connectivity index (χ3v) is 2.89. The number of anilines is 1. The Hall–Kier alpha value is -1.06. The van der Waals surface area contributed by atoms with E-state index in [-0.39, 0.29) is 0 Å². The monoisotopic (exact) mass is 235 g/mol. The highest BCUT2D eigenvalue weighted by Gasteiger charge is 2.02. The second kappa shape index (κ2) is 7.30. The molecule has 0 heterocycles. The quantitative estimate of drug-likeness (QED) is 0.724. The summed E-state index contributed by atoms with van der Waals surface area (Å²) < 4.78 is 0. The maximum atomic E-state index is 3.45. The minimum Gasteiger partial charge on any atom is -0.373 e. The SMILES string of the molecule is Cc1ccccc1N(C)CCNCCN(C)C. The maximum Gasteiger partial charge on any atom is 0.0393 e. The molecule has 1 aromatic carbocycles. The van der Waals surface area contributed by atoms with Crippen molar-refractivity contribution in [1.82, 2.24) is 10.2 Å². The van der Waals surface area contributed by atoms with E-state index in [1.165, 1.54) is 11.3 Å². The number of nitrogens with one attached hydrogen (secondary N) is 1. The highest BCUT2D eigenvalue weighted by atomic mass is 15.1. The van der Waals surface area contributed by atoms with Gasteiger partial charge in [0.2, 0.25) is 0 Å². The van der Waals surface area contributed by atoms with Crippen LogP contribution in [0, 0.1) is 6.92 Å². The number of para-hydroxylation sites is 1. The summed E-state index contributed by atoms with van der Waals surface area (Å²) in [5.74, 6) is 0. The number of nitrogens with zero attached hydrogens (tertiary/aromatic N) is 2. The summed E-state index contributed by atoms with van der Waals surface area (Å²) in [6.07, 6.45) is 0. The van der Waals surface area contributed by atoms with Gasteiger partial charge in [-0.2, -0.15) is 0 Å². The topological polar surface area (TPSA) is 18.5 Å². The lowest BCUT2D eigenvalue weighted by atomic mass is 10.2. The predicted molar refractivity (Wildman–Crippen MR) is 75.9 cm³/mol. The fourth-order valence-electron chi connectivity index (χ4n) is 1.79. The fourth-order valence-corrected chi connectivity index (χ4v) is 1.79. The summed E-state index contributed by atoms with van der Waals surface area (Å²) in [4.78, 5) is 4.50. The van der Waals surface area contributed by atoms with Crippen molar-refractivity contribution < 1.29 is 0 Å². The first-order chi connectivity index (χ1) is 8.11. The first kappa shape index (κ1) is 14.0. The van der Waals surface area contributed by atoms with Crippen molar-refractivity contribution >= 4 is 5.69 Å². The van der Waals surface area contributed by atoms with Gasteiger partial charge >= 0.3 is 0 Å². The summed E-state index contributed by atoms with van der Waals surface area (Å²) in [5.41, 5.74) is 2.66. The van der Waals surface area contributed by atoms with Crippen LogP contribution in [-0.2, 0) is 0 Å². The second-order valence-corrected chi connectivity index (χ2v) is 4.76. The molecule has 1 rings (SSSR count). The van der Waals surface area contributed by atoms with E-state index in [9.17, 15) is 0 Å². The Labute approximate surface area is 105 Å². The van der Waals surface area contributed by atoms with Crippen LogP contribution in [0.15, 0.2) is 24.3 Å². The van der Waals surface area contributed by atoms with Crippen molar-refractivity contribution in [2.24, 2.45) is 0 Å². The fraction of sp³-hybridized carbons (Fsp3) is 0.571. The predicted octanol–water partition coefficient (Wildman–Crippen LogP) is 1.58. The first-order valence-electron chi connectivity index (χ1n) is 6.23. The lowest BCUT2D eigenvalue weighted by Crippen LogP contribution is -2.33. The van der Waals surface area contributed by atoms with E-state index in [4.69, 9.17) is 0 Å². The molecule has 1 aromatic rings. The van der Waals surface area contributed by atoms with Gasteiger partial charge in [0, 0.05) is 38.9 Å². The third-order valence-electron chi connectivity index (χ3n) is 2.89. The Morgan fingerprint density at radius 2 is 1.65 bits per heavy atom. The molecule has 0 aliphatic rings. The highest BCUT2D eigenvalue weighted by Crippen LogP contribution is 2.16. The molecule has 0 amide bonds. The van der Waals surface area contributed by atoms with Crippen LogP contribution in [0.25, 0.3) is 0 Å². The minimum absolute atomic E-state index is 1.03. The molecule has 0 atom stereocenters. The number of hydrogen-bond donors (Lipinski definition) is 1. The lowest BCUT2D eigenvalue weighted by Gasteiger charge is -2.21. The summed E-state index contributed by atoms with van der Waals surface area (Å²) >= 11 is 0. The molecule has 0 bridgehead atoms. The Balaban J connectivity index is 2.26. The van der Waals surface area contributed by atoms with Gasteiger partial charge in [-0.25, -0.2) is 0 Å². The molecular weight excluding hydrogens is 210 g/mol.